The van der Waals surface area contributed by atoms with Gasteiger partial charge in [-0.2, -0.15) is 10.1 Å². The zero-order chi connectivity index (χ0) is 21.2. The minimum Gasteiger partial charge on any atom is -0.461 e. The summed E-state index contributed by atoms with van der Waals surface area (Å²) in [7, 11) is 0. The Balaban J connectivity index is 1.28. The molecule has 5 rings (SSSR count). The normalized spacial score (nSPS) is 15.6. The van der Waals surface area contributed by atoms with Gasteiger partial charge in [-0.3, -0.25) is 4.79 Å². The molecule has 1 unspecified atom stereocenters. The van der Waals surface area contributed by atoms with E-state index in [1.54, 1.807) is 24.6 Å². The highest BCUT2D eigenvalue weighted by molar-refractivity contribution is 5.90. The Morgan fingerprint density at radius 1 is 1.26 bits per heavy atom. The van der Waals surface area contributed by atoms with Gasteiger partial charge in [-0.25, -0.2) is 4.68 Å². The maximum absolute atomic E-state index is 12.7. The van der Waals surface area contributed by atoms with Gasteiger partial charge in [0.25, 0.3) is 0 Å². The predicted octanol–water partition coefficient (Wildman–Crippen LogP) is 4.33. The van der Waals surface area contributed by atoms with Crippen LogP contribution in [0.25, 0.3) is 11.6 Å². The van der Waals surface area contributed by atoms with E-state index in [4.69, 9.17) is 8.94 Å². The second-order valence-corrected chi connectivity index (χ2v) is 7.76. The van der Waals surface area contributed by atoms with Gasteiger partial charge in [-0.05, 0) is 49.4 Å². The third-order valence-electron chi connectivity index (χ3n) is 5.64. The fraction of sp³-hybridized carbons (Fsp3) is 0.304. The van der Waals surface area contributed by atoms with Crippen LogP contribution >= 0.6 is 0 Å². The van der Waals surface area contributed by atoms with Crippen molar-refractivity contribution in [2.45, 2.75) is 45.1 Å². The number of aromatic nitrogens is 4. The van der Waals surface area contributed by atoms with Gasteiger partial charge in [0, 0.05) is 18.4 Å². The molecule has 1 aliphatic carbocycles. The van der Waals surface area contributed by atoms with Crippen LogP contribution in [0.15, 0.2) is 57.8 Å². The first kappa shape index (κ1) is 19.3. The lowest BCUT2D eigenvalue weighted by atomic mass is 9.88. The molecule has 0 saturated carbocycles. The lowest BCUT2D eigenvalue weighted by Gasteiger charge is -2.27. The van der Waals surface area contributed by atoms with E-state index in [9.17, 15) is 4.79 Å². The summed E-state index contributed by atoms with van der Waals surface area (Å²) in [5.74, 6) is 1.94. The molecule has 3 aromatic heterocycles. The second-order valence-electron chi connectivity index (χ2n) is 7.76. The monoisotopic (exact) mass is 417 g/mol. The number of fused-ring (bicyclic) bond motifs is 1. The number of nitrogens with zero attached hydrogens (tertiary/aromatic N) is 4. The van der Waals surface area contributed by atoms with E-state index < -0.39 is 0 Å². The van der Waals surface area contributed by atoms with Crippen LogP contribution in [-0.4, -0.2) is 25.8 Å². The van der Waals surface area contributed by atoms with Crippen molar-refractivity contribution in [1.82, 2.24) is 19.9 Å². The lowest BCUT2D eigenvalue weighted by molar-refractivity contribution is -0.116. The molecule has 1 atom stereocenters. The number of carbonyl (C=O) groups excluding carboxylic acids is 1. The fourth-order valence-electron chi connectivity index (χ4n) is 4.10. The molecule has 0 fully saturated rings. The average molecular weight is 417 g/mol. The quantitative estimate of drug-likeness (QED) is 0.501. The maximum Gasteiger partial charge on any atom is 0.238 e. The number of rotatable bonds is 6. The number of anilines is 1. The SMILES string of the molecule is Cc1cnn(C2CCCc3ccccc32)c1NC(=O)CCc1nc(-c2ccco2)no1. The molecule has 0 bridgehead atoms. The van der Waals surface area contributed by atoms with E-state index in [0.717, 1.165) is 30.6 Å². The summed E-state index contributed by atoms with van der Waals surface area (Å²) in [4.78, 5) is 17.0. The second kappa shape index (κ2) is 8.22. The highest BCUT2D eigenvalue weighted by atomic mass is 16.5. The Labute approximate surface area is 179 Å². The van der Waals surface area contributed by atoms with E-state index in [1.807, 2.05) is 11.6 Å². The summed E-state index contributed by atoms with van der Waals surface area (Å²) < 4.78 is 12.5. The van der Waals surface area contributed by atoms with Crippen molar-refractivity contribution in [2.24, 2.45) is 0 Å². The first-order chi connectivity index (χ1) is 15.2. The number of nitrogens with one attached hydrogen (secondary N) is 1. The van der Waals surface area contributed by atoms with Crippen molar-refractivity contribution in [3.05, 3.63) is 71.4 Å². The molecule has 0 spiro atoms. The van der Waals surface area contributed by atoms with Gasteiger partial charge in [0.1, 0.15) is 5.82 Å². The van der Waals surface area contributed by atoms with Crippen LogP contribution in [-0.2, 0) is 17.6 Å². The summed E-state index contributed by atoms with van der Waals surface area (Å²) in [6.45, 7) is 1.96. The van der Waals surface area contributed by atoms with E-state index in [-0.39, 0.29) is 18.4 Å². The number of hydrogen-bond acceptors (Lipinski definition) is 6. The predicted molar refractivity (Wildman–Crippen MR) is 113 cm³/mol. The molecule has 31 heavy (non-hydrogen) atoms. The number of amides is 1. The lowest BCUT2D eigenvalue weighted by Crippen LogP contribution is -2.22. The first-order valence-electron chi connectivity index (χ1n) is 10.5. The number of hydrogen-bond donors (Lipinski definition) is 1. The van der Waals surface area contributed by atoms with Gasteiger partial charge >= 0.3 is 0 Å². The average Bonchev–Trinajstić information content (AvgIpc) is 3.54. The third-order valence-corrected chi connectivity index (χ3v) is 5.64. The van der Waals surface area contributed by atoms with Crippen LogP contribution in [0.2, 0.25) is 0 Å². The van der Waals surface area contributed by atoms with Crippen molar-refractivity contribution >= 4 is 11.7 Å². The maximum atomic E-state index is 12.7. The van der Waals surface area contributed by atoms with E-state index >= 15 is 0 Å². The van der Waals surface area contributed by atoms with Gasteiger partial charge in [-0.1, -0.05) is 29.4 Å². The van der Waals surface area contributed by atoms with Crippen LogP contribution in [0.4, 0.5) is 5.82 Å². The largest absolute Gasteiger partial charge is 0.461 e. The molecule has 0 aliphatic heterocycles. The van der Waals surface area contributed by atoms with Gasteiger partial charge in [0.05, 0.1) is 18.5 Å². The van der Waals surface area contributed by atoms with E-state index in [0.29, 0.717) is 23.9 Å². The van der Waals surface area contributed by atoms with Crippen molar-refractivity contribution in [3.63, 3.8) is 0 Å². The van der Waals surface area contributed by atoms with Crippen molar-refractivity contribution in [3.8, 4) is 11.6 Å². The molecule has 1 aliphatic rings. The number of benzene rings is 1. The van der Waals surface area contributed by atoms with Crippen molar-refractivity contribution < 1.29 is 13.7 Å². The summed E-state index contributed by atoms with van der Waals surface area (Å²) in [6.07, 6.45) is 7.11. The van der Waals surface area contributed by atoms with Crippen molar-refractivity contribution in [1.29, 1.82) is 0 Å². The van der Waals surface area contributed by atoms with Gasteiger partial charge in [0.15, 0.2) is 5.76 Å². The van der Waals surface area contributed by atoms with Gasteiger partial charge in [0.2, 0.25) is 17.6 Å². The zero-order valence-corrected chi connectivity index (χ0v) is 17.2. The van der Waals surface area contributed by atoms with Crippen LogP contribution in [0, 0.1) is 6.92 Å². The van der Waals surface area contributed by atoms with Gasteiger partial charge in [-0.15, -0.1) is 0 Å². The summed E-state index contributed by atoms with van der Waals surface area (Å²) in [6, 6.07) is 12.1. The standard InChI is InChI=1S/C23H23N5O3/c1-15-14-24-28(18-9-4-7-16-6-2-3-8-17(16)18)23(15)25-20(29)11-12-21-26-22(27-31-21)19-10-5-13-30-19/h2-3,5-6,8,10,13-14,18H,4,7,9,11-12H2,1H3,(H,25,29). The Morgan fingerprint density at radius 3 is 3.03 bits per heavy atom. The highest BCUT2D eigenvalue weighted by Crippen LogP contribution is 2.35. The zero-order valence-electron chi connectivity index (χ0n) is 17.2. The Hall–Kier alpha value is -3.68. The number of furan rings is 1. The molecular formula is C23H23N5O3. The summed E-state index contributed by atoms with van der Waals surface area (Å²) in [5.41, 5.74) is 3.57. The molecule has 1 aromatic carbocycles. The van der Waals surface area contributed by atoms with E-state index in [2.05, 4.69) is 44.8 Å². The molecule has 1 amide bonds. The van der Waals surface area contributed by atoms with Crippen molar-refractivity contribution in [2.75, 3.05) is 5.32 Å². The van der Waals surface area contributed by atoms with Crippen LogP contribution in [0.5, 0.6) is 0 Å². The molecule has 0 radical (unpaired) electrons. The third kappa shape index (κ3) is 3.88. The van der Waals surface area contributed by atoms with Crippen LogP contribution in [0.1, 0.15) is 47.9 Å². The summed E-state index contributed by atoms with van der Waals surface area (Å²) in [5, 5.41) is 11.5. The van der Waals surface area contributed by atoms with E-state index in [1.165, 1.54) is 11.1 Å². The fourth-order valence-corrected chi connectivity index (χ4v) is 4.10. The van der Waals surface area contributed by atoms with Crippen LogP contribution in [0.3, 0.4) is 0 Å². The molecular weight excluding hydrogens is 394 g/mol. The molecule has 1 N–H and O–H groups in total. The molecule has 8 nitrogen and oxygen atoms in total. The van der Waals surface area contributed by atoms with Crippen LogP contribution < -0.4 is 5.32 Å². The molecule has 3 heterocycles. The smallest absolute Gasteiger partial charge is 0.238 e. The Morgan fingerprint density at radius 2 is 2.16 bits per heavy atom. The first-order valence-corrected chi connectivity index (χ1v) is 10.5. The molecule has 8 heteroatoms. The molecule has 4 aromatic rings. The number of aryl methyl sites for hydroxylation is 3. The Bertz CT molecular complexity index is 1190. The molecule has 0 saturated heterocycles. The number of carbonyl (C=O) groups is 1. The van der Waals surface area contributed by atoms with Gasteiger partial charge < -0.3 is 14.3 Å². The summed E-state index contributed by atoms with van der Waals surface area (Å²) >= 11 is 0. The minimum atomic E-state index is -0.119. The Kier molecular flexibility index (Phi) is 5.11. The minimum absolute atomic E-state index is 0.119. The topological polar surface area (TPSA) is 99.0 Å². The molecule has 158 valence electrons. The highest BCUT2D eigenvalue weighted by Gasteiger charge is 2.25.